The first-order valence-electron chi connectivity index (χ1n) is 8.36. The Balaban J connectivity index is 1.92. The van der Waals surface area contributed by atoms with Gasteiger partial charge >= 0.3 is 0 Å². The highest BCUT2D eigenvalue weighted by Gasteiger charge is 2.32. The summed E-state index contributed by atoms with van der Waals surface area (Å²) in [5.41, 5.74) is 5.87. The van der Waals surface area contributed by atoms with Gasteiger partial charge in [-0.1, -0.05) is 19.8 Å². The highest BCUT2D eigenvalue weighted by molar-refractivity contribution is 5.81. The number of rotatable bonds is 3. The third-order valence-corrected chi connectivity index (χ3v) is 5.27. The number of amides is 1. The minimum atomic E-state index is 0.0228. The molecule has 0 bridgehead atoms. The van der Waals surface area contributed by atoms with Gasteiger partial charge in [-0.05, 0) is 51.1 Å². The Bertz CT molecular complexity index is 313. The number of hydrogen-bond acceptors (Lipinski definition) is 3. The van der Waals surface area contributed by atoms with Crippen molar-refractivity contribution >= 4 is 5.91 Å². The van der Waals surface area contributed by atoms with Crippen molar-refractivity contribution in [2.75, 3.05) is 32.7 Å². The third kappa shape index (κ3) is 3.73. The first-order valence-corrected chi connectivity index (χ1v) is 8.36. The Morgan fingerprint density at radius 1 is 1.20 bits per heavy atom. The molecule has 3 unspecified atom stereocenters. The normalized spacial score (nSPS) is 30.9. The number of carbonyl (C=O) groups excluding carboxylic acids is 1. The van der Waals surface area contributed by atoms with E-state index in [-0.39, 0.29) is 6.04 Å². The van der Waals surface area contributed by atoms with Crippen molar-refractivity contribution in [3.63, 3.8) is 0 Å². The van der Waals surface area contributed by atoms with E-state index >= 15 is 0 Å². The van der Waals surface area contributed by atoms with Crippen LogP contribution in [0.1, 0.15) is 46.0 Å². The van der Waals surface area contributed by atoms with Crippen molar-refractivity contribution in [2.24, 2.45) is 17.6 Å². The minimum absolute atomic E-state index is 0.0228. The lowest BCUT2D eigenvalue weighted by Gasteiger charge is -2.40. The largest absolute Gasteiger partial charge is 0.341 e. The Kier molecular flexibility index (Phi) is 5.85. The molecule has 2 N–H and O–H groups in total. The predicted molar refractivity (Wildman–Crippen MR) is 82.4 cm³/mol. The summed E-state index contributed by atoms with van der Waals surface area (Å²) in [6.45, 7) is 9.04. The fraction of sp³-hybridized carbons (Fsp3) is 0.938. The van der Waals surface area contributed by atoms with E-state index in [2.05, 4.69) is 23.6 Å². The second kappa shape index (κ2) is 7.41. The molecule has 116 valence electrons. The van der Waals surface area contributed by atoms with Gasteiger partial charge in [0.25, 0.3) is 0 Å². The quantitative estimate of drug-likeness (QED) is 0.856. The zero-order valence-electron chi connectivity index (χ0n) is 13.2. The average molecular weight is 281 g/mol. The van der Waals surface area contributed by atoms with E-state index in [4.69, 9.17) is 5.73 Å². The van der Waals surface area contributed by atoms with Crippen LogP contribution in [0, 0.1) is 11.8 Å². The summed E-state index contributed by atoms with van der Waals surface area (Å²) in [4.78, 5) is 17.1. The highest BCUT2D eigenvalue weighted by Crippen LogP contribution is 2.24. The van der Waals surface area contributed by atoms with Gasteiger partial charge in [0.15, 0.2) is 0 Å². The van der Waals surface area contributed by atoms with Crippen LogP contribution in [0.2, 0.25) is 0 Å². The maximum atomic E-state index is 12.7. The standard InChI is InChI=1S/C16H31N3O/c1-13-7-10-19(12-15(13)11-17)14(2)16(20)18-8-5-3-4-6-9-18/h13-15H,3-12,17H2,1-2H3. The van der Waals surface area contributed by atoms with Crippen LogP contribution >= 0.6 is 0 Å². The molecule has 4 heteroatoms. The fourth-order valence-electron chi connectivity index (χ4n) is 3.55. The first-order chi connectivity index (χ1) is 9.63. The second-order valence-electron chi connectivity index (χ2n) is 6.67. The SMILES string of the molecule is CC1CCN(C(C)C(=O)N2CCCCCC2)CC1CN. The van der Waals surface area contributed by atoms with Crippen LogP contribution < -0.4 is 5.73 Å². The Labute approximate surface area is 123 Å². The molecule has 2 saturated heterocycles. The molecule has 2 aliphatic rings. The van der Waals surface area contributed by atoms with Crippen LogP contribution in [-0.4, -0.2) is 54.5 Å². The van der Waals surface area contributed by atoms with Crippen molar-refractivity contribution in [2.45, 2.75) is 52.0 Å². The number of likely N-dealkylation sites (tertiary alicyclic amines) is 2. The molecular formula is C16H31N3O. The minimum Gasteiger partial charge on any atom is -0.341 e. The molecule has 0 aromatic heterocycles. The number of carbonyl (C=O) groups is 1. The topological polar surface area (TPSA) is 49.6 Å². The van der Waals surface area contributed by atoms with Gasteiger partial charge in [-0.3, -0.25) is 9.69 Å². The molecule has 0 spiro atoms. The molecule has 0 aromatic rings. The van der Waals surface area contributed by atoms with Crippen LogP contribution in [0.4, 0.5) is 0 Å². The van der Waals surface area contributed by atoms with E-state index in [1.165, 1.54) is 32.1 Å². The van der Waals surface area contributed by atoms with Crippen LogP contribution in [0.5, 0.6) is 0 Å². The molecule has 20 heavy (non-hydrogen) atoms. The summed E-state index contributed by atoms with van der Waals surface area (Å²) >= 11 is 0. The van der Waals surface area contributed by atoms with E-state index in [1.54, 1.807) is 0 Å². The van der Waals surface area contributed by atoms with E-state index < -0.39 is 0 Å². The van der Waals surface area contributed by atoms with Gasteiger partial charge in [0, 0.05) is 19.6 Å². The Hall–Kier alpha value is -0.610. The molecule has 2 fully saturated rings. The number of nitrogens with zero attached hydrogens (tertiary/aromatic N) is 2. The monoisotopic (exact) mass is 281 g/mol. The summed E-state index contributed by atoms with van der Waals surface area (Å²) < 4.78 is 0. The van der Waals surface area contributed by atoms with Crippen molar-refractivity contribution in [1.29, 1.82) is 0 Å². The summed E-state index contributed by atoms with van der Waals surface area (Å²) in [6, 6.07) is 0.0228. The van der Waals surface area contributed by atoms with E-state index in [1.807, 2.05) is 0 Å². The predicted octanol–water partition coefficient (Wildman–Crippen LogP) is 1.69. The van der Waals surface area contributed by atoms with E-state index in [0.717, 1.165) is 32.7 Å². The molecule has 0 aliphatic carbocycles. The third-order valence-electron chi connectivity index (χ3n) is 5.27. The van der Waals surface area contributed by atoms with E-state index in [9.17, 15) is 4.79 Å². The van der Waals surface area contributed by atoms with Crippen molar-refractivity contribution in [3.8, 4) is 0 Å². The summed E-state index contributed by atoms with van der Waals surface area (Å²) in [7, 11) is 0. The van der Waals surface area contributed by atoms with Gasteiger partial charge in [-0.15, -0.1) is 0 Å². The molecule has 0 saturated carbocycles. The molecule has 4 nitrogen and oxygen atoms in total. The number of nitrogens with two attached hydrogens (primary N) is 1. The van der Waals surface area contributed by atoms with Crippen molar-refractivity contribution < 1.29 is 4.79 Å². The molecular weight excluding hydrogens is 250 g/mol. The molecule has 1 amide bonds. The first kappa shape index (κ1) is 15.8. The number of hydrogen-bond donors (Lipinski definition) is 1. The number of piperidine rings is 1. The van der Waals surface area contributed by atoms with Gasteiger partial charge in [-0.2, -0.15) is 0 Å². The van der Waals surface area contributed by atoms with Gasteiger partial charge in [0.1, 0.15) is 0 Å². The maximum absolute atomic E-state index is 12.7. The van der Waals surface area contributed by atoms with Crippen molar-refractivity contribution in [1.82, 2.24) is 9.80 Å². The maximum Gasteiger partial charge on any atom is 0.239 e. The van der Waals surface area contributed by atoms with Crippen LogP contribution in [0.3, 0.4) is 0 Å². The molecule has 2 aliphatic heterocycles. The molecule has 3 atom stereocenters. The Morgan fingerprint density at radius 3 is 2.45 bits per heavy atom. The zero-order valence-corrected chi connectivity index (χ0v) is 13.2. The molecule has 2 heterocycles. The Morgan fingerprint density at radius 2 is 1.85 bits per heavy atom. The van der Waals surface area contributed by atoms with Gasteiger partial charge in [-0.25, -0.2) is 0 Å². The highest BCUT2D eigenvalue weighted by atomic mass is 16.2. The summed E-state index contributed by atoms with van der Waals surface area (Å²) in [5, 5.41) is 0. The van der Waals surface area contributed by atoms with Crippen molar-refractivity contribution in [3.05, 3.63) is 0 Å². The second-order valence-corrected chi connectivity index (χ2v) is 6.67. The molecule has 0 radical (unpaired) electrons. The average Bonchev–Trinajstić information content (AvgIpc) is 2.75. The van der Waals surface area contributed by atoms with Crippen LogP contribution in [0.25, 0.3) is 0 Å². The summed E-state index contributed by atoms with van der Waals surface area (Å²) in [6.07, 6.45) is 6.05. The zero-order chi connectivity index (χ0) is 14.5. The lowest BCUT2D eigenvalue weighted by atomic mass is 9.86. The lowest BCUT2D eigenvalue weighted by Crippen LogP contribution is -2.52. The smallest absolute Gasteiger partial charge is 0.239 e. The summed E-state index contributed by atoms with van der Waals surface area (Å²) in [5.74, 6) is 1.57. The van der Waals surface area contributed by atoms with Gasteiger partial charge in [0.05, 0.1) is 6.04 Å². The van der Waals surface area contributed by atoms with Gasteiger partial charge in [0.2, 0.25) is 5.91 Å². The molecule has 2 rings (SSSR count). The van der Waals surface area contributed by atoms with Crippen LogP contribution in [-0.2, 0) is 4.79 Å². The van der Waals surface area contributed by atoms with Crippen LogP contribution in [0.15, 0.2) is 0 Å². The molecule has 0 aromatic carbocycles. The fourth-order valence-corrected chi connectivity index (χ4v) is 3.55. The lowest BCUT2D eigenvalue weighted by molar-refractivity contribution is -0.137. The van der Waals surface area contributed by atoms with E-state index in [0.29, 0.717) is 17.7 Å². The van der Waals surface area contributed by atoms with Gasteiger partial charge < -0.3 is 10.6 Å².